The van der Waals surface area contributed by atoms with E-state index in [-0.39, 0.29) is 0 Å². The maximum absolute atomic E-state index is 5.81. The summed E-state index contributed by atoms with van der Waals surface area (Å²) in [6.07, 6.45) is 8.61. The third-order valence-electron chi connectivity index (χ3n) is 3.98. The quantitative estimate of drug-likeness (QED) is 0.618. The van der Waals surface area contributed by atoms with Gasteiger partial charge in [-0.25, -0.2) is 0 Å². The Morgan fingerprint density at radius 1 is 1.16 bits per heavy atom. The Morgan fingerprint density at radius 3 is 2.63 bits per heavy atom. The van der Waals surface area contributed by atoms with E-state index in [1.807, 2.05) is 0 Å². The highest BCUT2D eigenvalue weighted by Gasteiger charge is 2.21. The topological polar surface area (TPSA) is 24.5 Å². The monoisotopic (exact) mass is 270 g/mol. The van der Waals surface area contributed by atoms with Gasteiger partial charge >= 0.3 is 0 Å². The van der Waals surface area contributed by atoms with E-state index in [0.717, 1.165) is 32.8 Å². The van der Waals surface area contributed by atoms with Gasteiger partial charge in [0.25, 0.3) is 0 Å². The molecule has 0 aromatic heterocycles. The summed E-state index contributed by atoms with van der Waals surface area (Å²) < 4.78 is 5.81. The van der Waals surface area contributed by atoms with Gasteiger partial charge in [0.2, 0.25) is 0 Å². The molecule has 3 heteroatoms. The maximum Gasteiger partial charge on any atom is 0.0826 e. The van der Waals surface area contributed by atoms with Gasteiger partial charge in [0, 0.05) is 25.7 Å². The Bertz CT molecular complexity index is 209. The third kappa shape index (κ3) is 7.91. The molecule has 0 spiro atoms. The highest BCUT2D eigenvalue weighted by atomic mass is 16.5. The first kappa shape index (κ1) is 16.9. The maximum atomic E-state index is 5.81. The number of hydrogen-bond acceptors (Lipinski definition) is 3. The van der Waals surface area contributed by atoms with E-state index in [2.05, 4.69) is 31.0 Å². The Morgan fingerprint density at radius 2 is 1.89 bits per heavy atom. The van der Waals surface area contributed by atoms with E-state index in [0.29, 0.717) is 12.1 Å². The number of nitrogens with zero attached hydrogens (tertiary/aromatic N) is 1. The second-order valence-corrected chi connectivity index (χ2v) is 6.05. The summed E-state index contributed by atoms with van der Waals surface area (Å²) in [5.41, 5.74) is 0. The third-order valence-corrected chi connectivity index (χ3v) is 3.98. The van der Waals surface area contributed by atoms with Crippen LogP contribution in [0.4, 0.5) is 0 Å². The summed E-state index contributed by atoms with van der Waals surface area (Å²) in [5, 5.41) is 3.55. The molecule has 0 bridgehead atoms. The van der Waals surface area contributed by atoms with Crippen LogP contribution in [0.2, 0.25) is 0 Å². The van der Waals surface area contributed by atoms with Crippen molar-refractivity contribution in [2.45, 2.75) is 71.4 Å². The lowest BCUT2D eigenvalue weighted by molar-refractivity contribution is -0.0370. The molecule has 1 aliphatic heterocycles. The van der Waals surface area contributed by atoms with Crippen LogP contribution in [0, 0.1) is 0 Å². The molecule has 1 saturated heterocycles. The summed E-state index contributed by atoms with van der Waals surface area (Å²) in [4.78, 5) is 2.51. The zero-order valence-electron chi connectivity index (χ0n) is 13.3. The van der Waals surface area contributed by atoms with E-state index in [1.54, 1.807) is 0 Å². The van der Waals surface area contributed by atoms with Crippen molar-refractivity contribution in [3.05, 3.63) is 0 Å². The fraction of sp³-hybridized carbons (Fsp3) is 1.00. The number of ether oxygens (including phenoxy) is 1. The first-order chi connectivity index (χ1) is 9.24. The van der Waals surface area contributed by atoms with Crippen LogP contribution in [-0.4, -0.2) is 49.8 Å². The average molecular weight is 270 g/mol. The summed E-state index contributed by atoms with van der Waals surface area (Å²) in [5.74, 6) is 0. The fourth-order valence-corrected chi connectivity index (χ4v) is 2.63. The van der Waals surface area contributed by atoms with Gasteiger partial charge in [-0.15, -0.1) is 0 Å². The molecule has 19 heavy (non-hydrogen) atoms. The van der Waals surface area contributed by atoms with Crippen LogP contribution in [0.25, 0.3) is 0 Å². The van der Waals surface area contributed by atoms with Crippen LogP contribution in [0.5, 0.6) is 0 Å². The highest BCUT2D eigenvalue weighted by Crippen LogP contribution is 2.08. The molecular weight excluding hydrogens is 236 g/mol. The number of rotatable bonds is 10. The van der Waals surface area contributed by atoms with E-state index in [4.69, 9.17) is 4.74 Å². The molecule has 0 aromatic rings. The van der Waals surface area contributed by atoms with Gasteiger partial charge in [-0.05, 0) is 26.8 Å². The second kappa shape index (κ2) is 10.6. The zero-order valence-corrected chi connectivity index (χ0v) is 13.3. The molecule has 0 aliphatic carbocycles. The van der Waals surface area contributed by atoms with Gasteiger partial charge in [-0.3, -0.25) is 4.90 Å². The van der Waals surface area contributed by atoms with E-state index >= 15 is 0 Å². The number of morpholine rings is 1. The van der Waals surface area contributed by atoms with Crippen molar-refractivity contribution in [3.63, 3.8) is 0 Å². The van der Waals surface area contributed by atoms with E-state index in [9.17, 15) is 0 Å². The predicted molar refractivity (Wildman–Crippen MR) is 82.7 cm³/mol. The van der Waals surface area contributed by atoms with Crippen molar-refractivity contribution < 1.29 is 4.74 Å². The minimum absolute atomic E-state index is 0.385. The molecular formula is C16H34N2O. The Kier molecular flexibility index (Phi) is 9.48. The van der Waals surface area contributed by atoms with Gasteiger partial charge in [-0.2, -0.15) is 0 Å². The molecule has 0 saturated carbocycles. The first-order valence-electron chi connectivity index (χ1n) is 8.30. The van der Waals surface area contributed by atoms with Crippen molar-refractivity contribution in [3.8, 4) is 0 Å². The predicted octanol–water partition coefficient (Wildman–Crippen LogP) is 3.05. The highest BCUT2D eigenvalue weighted by molar-refractivity contribution is 4.75. The van der Waals surface area contributed by atoms with Crippen LogP contribution >= 0.6 is 0 Å². The molecule has 0 amide bonds. The molecule has 0 radical (unpaired) electrons. The zero-order chi connectivity index (χ0) is 13.9. The number of hydrogen-bond donors (Lipinski definition) is 1. The Hall–Kier alpha value is -0.120. The average Bonchev–Trinajstić information content (AvgIpc) is 2.42. The van der Waals surface area contributed by atoms with Crippen LogP contribution in [-0.2, 0) is 4.74 Å². The molecule has 1 rings (SSSR count). The van der Waals surface area contributed by atoms with Crippen molar-refractivity contribution >= 4 is 0 Å². The van der Waals surface area contributed by atoms with Crippen molar-refractivity contribution in [1.82, 2.24) is 10.2 Å². The van der Waals surface area contributed by atoms with Crippen LogP contribution in [0.15, 0.2) is 0 Å². The molecule has 114 valence electrons. The summed E-state index contributed by atoms with van der Waals surface area (Å²) in [6, 6.07) is 0.643. The standard InChI is InChI=1S/C16H34N2O/c1-4-5-6-7-8-9-10-17-13-16-14-18(15(2)3)11-12-19-16/h15-17H,4-14H2,1-3H3. The minimum Gasteiger partial charge on any atom is -0.374 e. The summed E-state index contributed by atoms with van der Waals surface area (Å²) in [7, 11) is 0. The summed E-state index contributed by atoms with van der Waals surface area (Å²) >= 11 is 0. The first-order valence-corrected chi connectivity index (χ1v) is 8.30. The van der Waals surface area contributed by atoms with Gasteiger partial charge in [0.15, 0.2) is 0 Å². The lowest BCUT2D eigenvalue weighted by atomic mass is 10.1. The number of nitrogens with one attached hydrogen (secondary N) is 1. The molecule has 1 aliphatic rings. The van der Waals surface area contributed by atoms with Crippen molar-refractivity contribution in [2.75, 3.05) is 32.8 Å². The molecule has 3 nitrogen and oxygen atoms in total. The van der Waals surface area contributed by atoms with Crippen molar-refractivity contribution in [1.29, 1.82) is 0 Å². The van der Waals surface area contributed by atoms with Crippen LogP contribution < -0.4 is 5.32 Å². The number of unbranched alkanes of at least 4 members (excludes halogenated alkanes) is 5. The molecule has 1 fully saturated rings. The van der Waals surface area contributed by atoms with Gasteiger partial charge in [-0.1, -0.05) is 39.0 Å². The lowest BCUT2D eigenvalue weighted by Crippen LogP contribution is -2.49. The molecule has 1 unspecified atom stereocenters. The smallest absolute Gasteiger partial charge is 0.0826 e. The van der Waals surface area contributed by atoms with Crippen LogP contribution in [0.1, 0.15) is 59.3 Å². The van der Waals surface area contributed by atoms with Gasteiger partial charge in [0.05, 0.1) is 12.7 Å². The summed E-state index contributed by atoms with van der Waals surface area (Å²) in [6.45, 7) is 12.0. The Balaban J connectivity index is 1.94. The molecule has 0 aromatic carbocycles. The largest absolute Gasteiger partial charge is 0.374 e. The fourth-order valence-electron chi connectivity index (χ4n) is 2.63. The van der Waals surface area contributed by atoms with Crippen molar-refractivity contribution in [2.24, 2.45) is 0 Å². The van der Waals surface area contributed by atoms with Crippen LogP contribution in [0.3, 0.4) is 0 Å². The van der Waals surface area contributed by atoms with Gasteiger partial charge < -0.3 is 10.1 Å². The normalized spacial score (nSPS) is 21.2. The minimum atomic E-state index is 0.385. The van der Waals surface area contributed by atoms with E-state index < -0.39 is 0 Å². The second-order valence-electron chi connectivity index (χ2n) is 6.05. The van der Waals surface area contributed by atoms with Gasteiger partial charge in [0.1, 0.15) is 0 Å². The molecule has 1 N–H and O–H groups in total. The van der Waals surface area contributed by atoms with E-state index in [1.165, 1.54) is 38.5 Å². The molecule has 1 heterocycles. The molecule has 1 atom stereocenters. The Labute approximate surface area is 120 Å². The SMILES string of the molecule is CCCCCCCCNCC1CN(C(C)C)CCO1. The lowest BCUT2D eigenvalue weighted by Gasteiger charge is -2.35.